The van der Waals surface area contributed by atoms with Crippen molar-refractivity contribution in [2.24, 2.45) is 0 Å². The molecule has 0 bridgehead atoms. The van der Waals surface area contributed by atoms with Crippen molar-refractivity contribution >= 4 is 27.3 Å². The summed E-state index contributed by atoms with van der Waals surface area (Å²) in [7, 11) is 0. The van der Waals surface area contributed by atoms with Crippen molar-refractivity contribution in [3.63, 3.8) is 0 Å². The molecule has 14 heavy (non-hydrogen) atoms. The average Bonchev–Trinajstić information content (AvgIpc) is 2.57. The lowest BCUT2D eigenvalue weighted by atomic mass is 9.99. The minimum Gasteiger partial charge on any atom is -0.311 e. The lowest BCUT2D eigenvalue weighted by Crippen LogP contribution is -2.25. The van der Waals surface area contributed by atoms with Gasteiger partial charge in [-0.3, -0.25) is 0 Å². The van der Waals surface area contributed by atoms with E-state index in [0.29, 0.717) is 18.0 Å². The number of thiophene rings is 1. The first-order chi connectivity index (χ1) is 6.58. The van der Waals surface area contributed by atoms with Crippen LogP contribution >= 0.6 is 27.3 Å². The second kappa shape index (κ2) is 3.95. The first kappa shape index (κ1) is 10.7. The molecule has 1 aliphatic rings. The highest BCUT2D eigenvalue weighted by atomic mass is 79.9. The second-order valence-corrected chi connectivity index (χ2v) is 6.39. The molecule has 1 aliphatic heterocycles. The minimum atomic E-state index is 0.620. The van der Waals surface area contributed by atoms with E-state index in [2.05, 4.69) is 48.1 Å². The molecule has 1 aromatic heterocycles. The van der Waals surface area contributed by atoms with Gasteiger partial charge < -0.3 is 5.32 Å². The number of hydrogen-bond acceptors (Lipinski definition) is 2. The van der Waals surface area contributed by atoms with Gasteiger partial charge in [0.05, 0.1) is 0 Å². The summed E-state index contributed by atoms with van der Waals surface area (Å²) in [5.41, 5.74) is 0. The van der Waals surface area contributed by atoms with Crippen molar-refractivity contribution in [3.8, 4) is 0 Å². The smallest absolute Gasteiger partial charge is 0.0314 e. The average molecular weight is 274 g/mol. The molecule has 0 spiro atoms. The van der Waals surface area contributed by atoms with Crippen LogP contribution in [0.25, 0.3) is 0 Å². The fraction of sp³-hybridized carbons (Fsp3) is 0.636. The standard InChI is InChI=1S/C11H16BrNS/c1-6-4-9(7(2)13-6)11-5-10(12)8(3)14-11/h5-7,9,13H,4H2,1-3H3. The number of halogens is 1. The van der Waals surface area contributed by atoms with Crippen LogP contribution in [0.3, 0.4) is 0 Å². The Labute approximate surface area is 98.0 Å². The monoisotopic (exact) mass is 273 g/mol. The molecule has 3 heteroatoms. The van der Waals surface area contributed by atoms with Crippen LogP contribution < -0.4 is 5.32 Å². The summed E-state index contributed by atoms with van der Waals surface area (Å²) in [6, 6.07) is 3.58. The van der Waals surface area contributed by atoms with E-state index < -0.39 is 0 Å². The van der Waals surface area contributed by atoms with E-state index in [-0.39, 0.29) is 0 Å². The molecule has 1 aromatic rings. The third-order valence-electron chi connectivity index (χ3n) is 3.00. The highest BCUT2D eigenvalue weighted by Gasteiger charge is 2.30. The molecule has 1 fully saturated rings. The Balaban J connectivity index is 2.23. The largest absolute Gasteiger partial charge is 0.311 e. The lowest BCUT2D eigenvalue weighted by Gasteiger charge is -2.12. The predicted molar refractivity (Wildman–Crippen MR) is 66.2 cm³/mol. The first-order valence-electron chi connectivity index (χ1n) is 5.10. The molecular formula is C11H16BrNS. The molecule has 0 amide bonds. The zero-order chi connectivity index (χ0) is 10.3. The topological polar surface area (TPSA) is 12.0 Å². The van der Waals surface area contributed by atoms with E-state index in [1.54, 1.807) is 0 Å². The second-order valence-electron chi connectivity index (χ2n) is 4.25. The number of hydrogen-bond donors (Lipinski definition) is 1. The third-order valence-corrected chi connectivity index (χ3v) is 5.27. The molecular weight excluding hydrogens is 258 g/mol. The summed E-state index contributed by atoms with van der Waals surface area (Å²) in [4.78, 5) is 2.92. The fourth-order valence-electron chi connectivity index (χ4n) is 2.24. The van der Waals surface area contributed by atoms with Gasteiger partial charge in [0.15, 0.2) is 0 Å². The van der Waals surface area contributed by atoms with Crippen molar-refractivity contribution in [3.05, 3.63) is 20.3 Å². The molecule has 1 N–H and O–H groups in total. The summed E-state index contributed by atoms with van der Waals surface area (Å²) in [5.74, 6) is 0.708. The summed E-state index contributed by atoms with van der Waals surface area (Å²) < 4.78 is 1.27. The molecule has 0 radical (unpaired) electrons. The van der Waals surface area contributed by atoms with E-state index in [1.807, 2.05) is 11.3 Å². The summed E-state index contributed by atoms with van der Waals surface area (Å²) >= 11 is 5.52. The van der Waals surface area contributed by atoms with Crippen molar-refractivity contribution in [1.29, 1.82) is 0 Å². The first-order valence-corrected chi connectivity index (χ1v) is 6.70. The van der Waals surface area contributed by atoms with Crippen LogP contribution in [-0.4, -0.2) is 12.1 Å². The van der Waals surface area contributed by atoms with E-state index >= 15 is 0 Å². The van der Waals surface area contributed by atoms with Gasteiger partial charge in [0.1, 0.15) is 0 Å². The summed E-state index contributed by atoms with van der Waals surface area (Å²) in [6.07, 6.45) is 1.27. The van der Waals surface area contributed by atoms with Gasteiger partial charge in [-0.25, -0.2) is 0 Å². The van der Waals surface area contributed by atoms with Gasteiger partial charge in [0.25, 0.3) is 0 Å². The van der Waals surface area contributed by atoms with E-state index in [0.717, 1.165) is 0 Å². The Bertz CT molecular complexity index is 315. The number of nitrogens with one attached hydrogen (secondary N) is 1. The van der Waals surface area contributed by atoms with Crippen LogP contribution in [0.4, 0.5) is 0 Å². The SMILES string of the molecule is Cc1sc(C2CC(C)NC2C)cc1Br. The Morgan fingerprint density at radius 2 is 2.21 bits per heavy atom. The molecule has 3 atom stereocenters. The van der Waals surface area contributed by atoms with Crippen molar-refractivity contribution < 1.29 is 0 Å². The van der Waals surface area contributed by atoms with Crippen molar-refractivity contribution in [1.82, 2.24) is 5.32 Å². The zero-order valence-electron chi connectivity index (χ0n) is 8.80. The highest BCUT2D eigenvalue weighted by molar-refractivity contribution is 9.10. The maximum atomic E-state index is 3.59. The molecule has 0 saturated carbocycles. The molecule has 2 rings (SSSR count). The Kier molecular flexibility index (Phi) is 3.01. The molecule has 3 unspecified atom stereocenters. The molecule has 1 saturated heterocycles. The molecule has 2 heterocycles. The van der Waals surface area contributed by atoms with Gasteiger partial charge in [-0.1, -0.05) is 0 Å². The van der Waals surface area contributed by atoms with Crippen molar-refractivity contribution in [2.45, 2.75) is 45.2 Å². The van der Waals surface area contributed by atoms with Gasteiger partial charge in [-0.05, 0) is 49.2 Å². The van der Waals surface area contributed by atoms with Crippen LogP contribution in [0.5, 0.6) is 0 Å². The van der Waals surface area contributed by atoms with Gasteiger partial charge >= 0.3 is 0 Å². The van der Waals surface area contributed by atoms with Gasteiger partial charge in [0, 0.05) is 32.2 Å². The lowest BCUT2D eigenvalue weighted by molar-refractivity contribution is 0.578. The van der Waals surface area contributed by atoms with Crippen LogP contribution in [0, 0.1) is 6.92 Å². The third kappa shape index (κ3) is 1.90. The van der Waals surface area contributed by atoms with Crippen LogP contribution in [-0.2, 0) is 0 Å². The Morgan fingerprint density at radius 3 is 2.64 bits per heavy atom. The van der Waals surface area contributed by atoms with Gasteiger partial charge in [-0.2, -0.15) is 0 Å². The summed E-state index contributed by atoms with van der Waals surface area (Å²) in [6.45, 7) is 6.73. The molecule has 0 aromatic carbocycles. The quantitative estimate of drug-likeness (QED) is 0.823. The zero-order valence-corrected chi connectivity index (χ0v) is 11.2. The fourth-order valence-corrected chi connectivity index (χ4v) is 4.02. The van der Waals surface area contributed by atoms with Crippen LogP contribution in [0.15, 0.2) is 10.5 Å². The van der Waals surface area contributed by atoms with Crippen LogP contribution in [0.1, 0.15) is 35.9 Å². The highest BCUT2D eigenvalue weighted by Crippen LogP contribution is 2.38. The maximum Gasteiger partial charge on any atom is 0.0314 e. The Morgan fingerprint density at radius 1 is 1.50 bits per heavy atom. The molecule has 0 aliphatic carbocycles. The molecule has 78 valence electrons. The van der Waals surface area contributed by atoms with Crippen molar-refractivity contribution in [2.75, 3.05) is 0 Å². The number of aryl methyl sites for hydroxylation is 1. The summed E-state index contributed by atoms with van der Waals surface area (Å²) in [5, 5.41) is 3.59. The predicted octanol–water partition coefficient (Wildman–Crippen LogP) is 3.67. The van der Waals surface area contributed by atoms with E-state index in [1.165, 1.54) is 20.6 Å². The van der Waals surface area contributed by atoms with Gasteiger partial charge in [0.2, 0.25) is 0 Å². The van der Waals surface area contributed by atoms with E-state index in [9.17, 15) is 0 Å². The normalized spacial score (nSPS) is 32.4. The molecule has 1 nitrogen and oxygen atoms in total. The minimum absolute atomic E-state index is 0.620. The number of rotatable bonds is 1. The Hall–Kier alpha value is 0.140. The van der Waals surface area contributed by atoms with Crippen LogP contribution in [0.2, 0.25) is 0 Å². The van der Waals surface area contributed by atoms with E-state index in [4.69, 9.17) is 0 Å². The van der Waals surface area contributed by atoms with Gasteiger partial charge in [-0.15, -0.1) is 11.3 Å². The maximum absolute atomic E-state index is 3.59.